The van der Waals surface area contributed by atoms with Gasteiger partial charge in [-0.25, -0.2) is 4.70 Å². The summed E-state index contributed by atoms with van der Waals surface area (Å²) in [6, 6.07) is 17.9. The van der Waals surface area contributed by atoms with Crippen molar-refractivity contribution >= 4 is 11.4 Å². The normalized spacial score (nSPS) is 13.3. The Morgan fingerprint density at radius 3 is 1.32 bits per heavy atom. The van der Waals surface area contributed by atoms with Crippen molar-refractivity contribution in [2.75, 3.05) is 0 Å². The maximum absolute atomic E-state index is 11.9. The molecular formula is C37H56N2Ni. The minimum atomic E-state index is 1.02. The summed E-state index contributed by atoms with van der Waals surface area (Å²) in [5.74, 6) is 4.12. The van der Waals surface area contributed by atoms with E-state index in [1.807, 2.05) is 0 Å². The summed E-state index contributed by atoms with van der Waals surface area (Å²) in [7, 11) is 0. The Morgan fingerprint density at radius 2 is 0.925 bits per heavy atom. The van der Waals surface area contributed by atoms with Gasteiger partial charge in [-0.05, 0) is 86.8 Å². The summed E-state index contributed by atoms with van der Waals surface area (Å²) in [6.07, 6.45) is 17.6. The van der Waals surface area contributed by atoms with Gasteiger partial charge in [0.15, 0.2) is 0 Å². The van der Waals surface area contributed by atoms with Gasteiger partial charge < -0.3 is 5.53 Å². The number of allylic oxidation sites excluding steroid dienone is 2. The van der Waals surface area contributed by atoms with Crippen LogP contribution in [0.2, 0.25) is 11.8 Å². The second-order valence-corrected chi connectivity index (χ2v) is 12.1. The third-order valence-electron chi connectivity index (χ3n) is 7.71. The van der Waals surface area contributed by atoms with E-state index in [1.54, 1.807) is 19.1 Å². The molecule has 0 fully saturated rings. The molecule has 0 saturated heterocycles. The Kier molecular flexibility index (Phi) is 17.1. The first-order chi connectivity index (χ1) is 19.6. The molecule has 0 N–H and O–H groups in total. The van der Waals surface area contributed by atoms with Crippen LogP contribution in [0.1, 0.15) is 133 Å². The van der Waals surface area contributed by atoms with E-state index in [-0.39, 0.29) is 0 Å². The van der Waals surface area contributed by atoms with Gasteiger partial charge in [0.2, 0.25) is 11.4 Å². The molecule has 0 spiro atoms. The van der Waals surface area contributed by atoms with Crippen molar-refractivity contribution in [2.45, 2.75) is 136 Å². The molecule has 1 aliphatic heterocycles. The molecule has 0 atom stereocenters. The molecule has 0 aliphatic carbocycles. The zero-order chi connectivity index (χ0) is 29.2. The van der Waals surface area contributed by atoms with Crippen LogP contribution in [0.3, 0.4) is 0 Å². The molecule has 2 aromatic carbocycles. The Balaban J connectivity index is 0.00000178. The second kappa shape index (κ2) is 20.0. The van der Waals surface area contributed by atoms with E-state index in [0.29, 0.717) is 0 Å². The van der Waals surface area contributed by atoms with Gasteiger partial charge in [0.05, 0.1) is 0 Å². The molecule has 0 radical (unpaired) electrons. The van der Waals surface area contributed by atoms with Crippen LogP contribution in [0.25, 0.3) is 16.9 Å². The molecule has 1 heterocycles. The van der Waals surface area contributed by atoms with Crippen molar-refractivity contribution in [1.82, 2.24) is 0 Å². The van der Waals surface area contributed by atoms with Gasteiger partial charge in [-0.3, -0.25) is 0 Å². The average Bonchev–Trinajstić information content (AvgIpc) is 3.23. The summed E-state index contributed by atoms with van der Waals surface area (Å²) in [5, 5.41) is 0. The van der Waals surface area contributed by atoms with Crippen LogP contribution in [-0.4, -0.2) is 4.70 Å². The quantitative estimate of drug-likeness (QED) is 0.1000. The fourth-order valence-electron chi connectivity index (χ4n) is 5.60. The molecule has 0 unspecified atom stereocenters. The van der Waals surface area contributed by atoms with Crippen LogP contribution in [0, 0.1) is 0 Å². The van der Waals surface area contributed by atoms with E-state index >= 15 is 0 Å². The molecule has 3 rings (SSSR count). The van der Waals surface area contributed by atoms with Crippen LogP contribution in [0.4, 0.5) is 0 Å². The fourth-order valence-corrected chi connectivity index (χ4v) is 5.60. The van der Waals surface area contributed by atoms with Gasteiger partial charge >= 0.3 is 26.2 Å². The van der Waals surface area contributed by atoms with Gasteiger partial charge in [-0.15, -0.1) is 0 Å². The van der Waals surface area contributed by atoms with E-state index in [4.69, 9.17) is 0 Å². The summed E-state index contributed by atoms with van der Waals surface area (Å²) < 4.78 is 1.56. The van der Waals surface area contributed by atoms with Crippen molar-refractivity contribution in [3.8, 4) is 0 Å². The third kappa shape index (κ3) is 10.4. The Bertz CT molecular complexity index is 1090. The van der Waals surface area contributed by atoms with Crippen molar-refractivity contribution in [2.24, 2.45) is 0 Å². The van der Waals surface area contributed by atoms with Crippen LogP contribution in [0.5, 0.6) is 0 Å². The molecule has 0 bridgehead atoms. The number of hydrogen-bond donors (Lipinski definition) is 0. The van der Waals surface area contributed by atoms with E-state index in [2.05, 4.69) is 88.0 Å². The molecule has 2 aromatic rings. The standard InChI is InChI=1S/C35H50N2.2CH3.Ni/c1-5-9-13-19-29-21-17-23-31(27-29)35-33(25-15-11-7-3)32(24-14-10-6-2)34(37(35)36)30-22-16-20-28(26-30)18-12-8-4;;;/h16-17,20-23,26-27H,5-15,18-19,24-25H2,1-4H3;2*1H3;. The number of hydrogen-bond acceptors (Lipinski definition) is 0. The van der Waals surface area contributed by atoms with Gasteiger partial charge in [-0.2, -0.15) is 0 Å². The SMILES string of the molecule is CCCCCC1=C(c2cccc(CCCC)c2)[N+](=[N-])C(c2cccc(CCCCC)c2)=C1CCCCC.[CH3][Ni][CH3]. The molecule has 0 amide bonds. The molecule has 0 aromatic heterocycles. The summed E-state index contributed by atoms with van der Waals surface area (Å²) in [4.78, 5) is 0. The number of unbranched alkanes of at least 4 members (excludes halogenated alkanes) is 7. The molecule has 40 heavy (non-hydrogen) atoms. The first-order valence-corrected chi connectivity index (χ1v) is 17.9. The van der Waals surface area contributed by atoms with Gasteiger partial charge in [0.25, 0.3) is 0 Å². The molecule has 224 valence electrons. The summed E-state index contributed by atoms with van der Waals surface area (Å²) in [5.41, 5.74) is 21.7. The fraction of sp³-hybridized carbons (Fsp3) is 0.568. The average molecular weight is 588 g/mol. The molecular weight excluding hydrogens is 531 g/mol. The Labute approximate surface area is 253 Å². The van der Waals surface area contributed by atoms with E-state index in [1.165, 1.54) is 92.9 Å². The van der Waals surface area contributed by atoms with Crippen LogP contribution < -0.4 is 0 Å². The first-order valence-electron chi connectivity index (χ1n) is 15.9. The molecule has 3 heteroatoms. The van der Waals surface area contributed by atoms with Crippen molar-refractivity contribution in [3.63, 3.8) is 0 Å². The van der Waals surface area contributed by atoms with Crippen LogP contribution in [-0.2, 0) is 27.3 Å². The number of rotatable bonds is 17. The van der Waals surface area contributed by atoms with Gasteiger partial charge in [-0.1, -0.05) is 96.9 Å². The monoisotopic (exact) mass is 586 g/mol. The van der Waals surface area contributed by atoms with Crippen molar-refractivity contribution < 1.29 is 19.1 Å². The van der Waals surface area contributed by atoms with Crippen LogP contribution >= 0.6 is 0 Å². The van der Waals surface area contributed by atoms with Crippen LogP contribution in [0.15, 0.2) is 59.7 Å². The van der Waals surface area contributed by atoms with E-state index < -0.39 is 0 Å². The number of aryl methyl sites for hydroxylation is 2. The van der Waals surface area contributed by atoms with Crippen molar-refractivity contribution in [1.29, 1.82) is 0 Å². The molecule has 2 nitrogen and oxygen atoms in total. The predicted molar refractivity (Wildman–Crippen MR) is 172 cm³/mol. The van der Waals surface area contributed by atoms with Gasteiger partial charge in [0.1, 0.15) is 0 Å². The predicted octanol–water partition coefficient (Wildman–Crippen LogP) is 12.3. The minimum absolute atomic E-state index is 1.02. The second-order valence-electron chi connectivity index (χ2n) is 11.2. The van der Waals surface area contributed by atoms with E-state index in [0.717, 1.165) is 48.2 Å². The number of benzene rings is 2. The maximum atomic E-state index is 11.9. The topological polar surface area (TPSA) is 25.3 Å². The molecule has 0 saturated carbocycles. The zero-order valence-corrected chi connectivity index (χ0v) is 27.4. The Morgan fingerprint density at radius 1 is 0.550 bits per heavy atom. The first kappa shape index (κ1) is 34.2. The zero-order valence-electron chi connectivity index (χ0n) is 26.4. The summed E-state index contributed by atoms with van der Waals surface area (Å²) >= 11 is 1.62. The molecule has 1 aliphatic rings. The third-order valence-corrected chi connectivity index (χ3v) is 7.71. The van der Waals surface area contributed by atoms with Gasteiger partial charge in [0, 0.05) is 22.3 Å². The van der Waals surface area contributed by atoms with E-state index in [9.17, 15) is 5.53 Å². The summed E-state index contributed by atoms with van der Waals surface area (Å²) in [6.45, 7) is 9.05. The Hall–Kier alpha value is -1.99. The van der Waals surface area contributed by atoms with Crippen molar-refractivity contribution in [3.05, 3.63) is 87.5 Å². The number of nitrogens with zero attached hydrogens (tertiary/aromatic N) is 2.